The van der Waals surface area contributed by atoms with Crippen molar-refractivity contribution in [3.05, 3.63) is 34.3 Å². The van der Waals surface area contributed by atoms with E-state index in [0.29, 0.717) is 26.1 Å². The summed E-state index contributed by atoms with van der Waals surface area (Å²) in [4.78, 5) is 27.8. The van der Waals surface area contributed by atoms with E-state index in [2.05, 4.69) is 10.3 Å². The van der Waals surface area contributed by atoms with E-state index in [4.69, 9.17) is 4.74 Å². The van der Waals surface area contributed by atoms with Crippen LogP contribution < -0.4 is 0 Å². The lowest BCUT2D eigenvalue weighted by molar-refractivity contribution is -0.153. The SMILES string of the molecule is CCOC(=O)[C@]1(C)CCCN1C(=O)c1cn(Cc2cccs2)nn1. The minimum atomic E-state index is -0.926. The largest absolute Gasteiger partial charge is 0.464 e. The van der Waals surface area contributed by atoms with Gasteiger partial charge in [-0.15, -0.1) is 16.4 Å². The summed E-state index contributed by atoms with van der Waals surface area (Å²) in [6.07, 6.45) is 3.00. The second-order valence-electron chi connectivity index (χ2n) is 5.94. The number of carbonyl (C=O) groups is 2. The highest BCUT2D eigenvalue weighted by Crippen LogP contribution is 2.31. The Morgan fingerprint density at radius 1 is 1.46 bits per heavy atom. The molecular formula is C16H20N4O3S. The van der Waals surface area contributed by atoms with E-state index in [0.717, 1.165) is 11.3 Å². The minimum Gasteiger partial charge on any atom is -0.464 e. The molecule has 0 N–H and O–H groups in total. The molecule has 1 amide bonds. The topological polar surface area (TPSA) is 77.3 Å². The van der Waals surface area contributed by atoms with Gasteiger partial charge in [-0.05, 0) is 38.1 Å². The Balaban J connectivity index is 1.76. The molecule has 0 unspecified atom stereocenters. The summed E-state index contributed by atoms with van der Waals surface area (Å²) in [7, 11) is 0. The quantitative estimate of drug-likeness (QED) is 0.772. The number of hydrogen-bond acceptors (Lipinski definition) is 6. The Hall–Kier alpha value is -2.22. The van der Waals surface area contributed by atoms with Crippen molar-refractivity contribution in [2.45, 2.75) is 38.8 Å². The molecule has 0 spiro atoms. The molecule has 7 nitrogen and oxygen atoms in total. The van der Waals surface area contributed by atoms with Gasteiger partial charge in [-0.3, -0.25) is 4.79 Å². The van der Waals surface area contributed by atoms with Crippen molar-refractivity contribution in [2.75, 3.05) is 13.2 Å². The molecule has 1 aliphatic heterocycles. The summed E-state index contributed by atoms with van der Waals surface area (Å²) in [5, 5.41) is 10.0. The molecule has 0 radical (unpaired) electrons. The number of likely N-dealkylation sites (tertiary alicyclic amines) is 1. The van der Waals surface area contributed by atoms with Gasteiger partial charge in [0, 0.05) is 11.4 Å². The van der Waals surface area contributed by atoms with Crippen LogP contribution in [0.25, 0.3) is 0 Å². The molecule has 1 aliphatic rings. The van der Waals surface area contributed by atoms with E-state index >= 15 is 0 Å². The third-order valence-corrected chi connectivity index (χ3v) is 5.12. The zero-order chi connectivity index (χ0) is 17.2. The normalized spacial score (nSPS) is 20.3. The molecule has 0 bridgehead atoms. The molecule has 0 aromatic carbocycles. The molecule has 1 fully saturated rings. The third-order valence-electron chi connectivity index (χ3n) is 4.26. The van der Waals surface area contributed by atoms with Crippen molar-refractivity contribution >= 4 is 23.2 Å². The molecule has 128 valence electrons. The smallest absolute Gasteiger partial charge is 0.331 e. The van der Waals surface area contributed by atoms with E-state index < -0.39 is 5.54 Å². The van der Waals surface area contributed by atoms with Gasteiger partial charge in [0.15, 0.2) is 5.69 Å². The fourth-order valence-electron chi connectivity index (χ4n) is 2.96. The highest BCUT2D eigenvalue weighted by molar-refractivity contribution is 7.09. The van der Waals surface area contributed by atoms with Crippen molar-refractivity contribution in [1.82, 2.24) is 19.9 Å². The Bertz CT molecular complexity index is 728. The highest BCUT2D eigenvalue weighted by atomic mass is 32.1. The number of rotatable bonds is 5. The van der Waals surface area contributed by atoms with E-state index in [1.807, 2.05) is 17.5 Å². The average molecular weight is 348 g/mol. The van der Waals surface area contributed by atoms with E-state index in [1.165, 1.54) is 0 Å². The fraction of sp³-hybridized carbons (Fsp3) is 0.500. The molecule has 3 heterocycles. The van der Waals surface area contributed by atoms with Gasteiger partial charge < -0.3 is 9.64 Å². The summed E-state index contributed by atoms with van der Waals surface area (Å²) in [5.74, 6) is -0.637. The van der Waals surface area contributed by atoms with Crippen LogP contribution >= 0.6 is 11.3 Å². The van der Waals surface area contributed by atoms with Crippen LogP contribution in [0.1, 0.15) is 42.1 Å². The summed E-state index contributed by atoms with van der Waals surface area (Å²) in [6.45, 7) is 4.91. The summed E-state index contributed by atoms with van der Waals surface area (Å²) in [5.41, 5.74) is -0.672. The van der Waals surface area contributed by atoms with Crippen LogP contribution in [-0.2, 0) is 16.1 Å². The van der Waals surface area contributed by atoms with E-state index in [9.17, 15) is 9.59 Å². The van der Waals surface area contributed by atoms with Crippen molar-refractivity contribution in [1.29, 1.82) is 0 Å². The molecule has 8 heteroatoms. The lowest BCUT2D eigenvalue weighted by Gasteiger charge is -2.32. The van der Waals surface area contributed by atoms with E-state index in [1.54, 1.807) is 41.0 Å². The van der Waals surface area contributed by atoms with Crippen LogP contribution in [0.5, 0.6) is 0 Å². The summed E-state index contributed by atoms with van der Waals surface area (Å²) < 4.78 is 6.78. The molecule has 24 heavy (non-hydrogen) atoms. The standard InChI is InChI=1S/C16H20N4O3S/c1-3-23-15(22)16(2)7-5-8-20(16)14(21)13-11-19(18-17-13)10-12-6-4-9-24-12/h4,6,9,11H,3,5,7-8,10H2,1-2H3/t16-/m0/s1. The zero-order valence-corrected chi connectivity index (χ0v) is 14.6. The van der Waals surface area contributed by atoms with Gasteiger partial charge in [-0.25, -0.2) is 9.48 Å². The molecule has 2 aromatic heterocycles. The molecule has 2 aromatic rings. The Morgan fingerprint density at radius 3 is 3.00 bits per heavy atom. The van der Waals surface area contributed by atoms with Gasteiger partial charge >= 0.3 is 5.97 Å². The van der Waals surface area contributed by atoms with Crippen LogP contribution in [0.2, 0.25) is 0 Å². The van der Waals surface area contributed by atoms with Gasteiger partial charge in [-0.1, -0.05) is 11.3 Å². The molecular weight excluding hydrogens is 328 g/mol. The van der Waals surface area contributed by atoms with Crippen LogP contribution in [0, 0.1) is 0 Å². The maximum atomic E-state index is 12.8. The first-order valence-corrected chi connectivity index (χ1v) is 8.84. The number of esters is 1. The maximum absolute atomic E-state index is 12.8. The van der Waals surface area contributed by atoms with Crippen LogP contribution in [-0.4, -0.2) is 50.5 Å². The predicted octanol–water partition coefficient (Wildman–Crippen LogP) is 1.95. The second kappa shape index (κ2) is 6.72. The van der Waals surface area contributed by atoms with E-state index in [-0.39, 0.29) is 17.6 Å². The van der Waals surface area contributed by atoms with Crippen LogP contribution in [0.15, 0.2) is 23.7 Å². The van der Waals surface area contributed by atoms with Crippen molar-refractivity contribution in [3.8, 4) is 0 Å². The van der Waals surface area contributed by atoms with Gasteiger partial charge in [0.2, 0.25) is 0 Å². The lowest BCUT2D eigenvalue weighted by atomic mass is 9.99. The average Bonchev–Trinajstić information content (AvgIpc) is 3.29. The molecule has 1 atom stereocenters. The number of hydrogen-bond donors (Lipinski definition) is 0. The number of amides is 1. The first-order valence-electron chi connectivity index (χ1n) is 7.96. The fourth-order valence-corrected chi connectivity index (χ4v) is 3.66. The monoisotopic (exact) mass is 348 g/mol. The number of carbonyl (C=O) groups excluding carboxylic acids is 2. The second-order valence-corrected chi connectivity index (χ2v) is 6.97. The summed E-state index contributed by atoms with van der Waals surface area (Å²) >= 11 is 1.62. The van der Waals surface area contributed by atoms with Crippen LogP contribution in [0.4, 0.5) is 0 Å². The highest BCUT2D eigenvalue weighted by Gasteiger charge is 2.47. The number of ether oxygens (including phenoxy) is 1. The number of thiophene rings is 1. The molecule has 1 saturated heterocycles. The van der Waals surface area contributed by atoms with Crippen LogP contribution in [0.3, 0.4) is 0 Å². The minimum absolute atomic E-state index is 0.254. The molecule has 0 saturated carbocycles. The Morgan fingerprint density at radius 2 is 2.29 bits per heavy atom. The molecule has 3 rings (SSSR count). The van der Waals surface area contributed by atoms with Crippen molar-refractivity contribution in [3.63, 3.8) is 0 Å². The molecule has 0 aliphatic carbocycles. The van der Waals surface area contributed by atoms with Gasteiger partial charge in [0.1, 0.15) is 5.54 Å². The zero-order valence-electron chi connectivity index (χ0n) is 13.8. The van der Waals surface area contributed by atoms with Crippen molar-refractivity contribution in [2.24, 2.45) is 0 Å². The Kier molecular flexibility index (Phi) is 4.66. The first kappa shape index (κ1) is 16.6. The number of nitrogens with zero attached hydrogens (tertiary/aromatic N) is 4. The summed E-state index contributed by atoms with van der Waals surface area (Å²) in [6, 6.07) is 3.98. The van der Waals surface area contributed by atoms with Gasteiger partial charge in [0.25, 0.3) is 5.91 Å². The number of aromatic nitrogens is 3. The Labute approximate surface area is 144 Å². The maximum Gasteiger partial charge on any atom is 0.331 e. The third kappa shape index (κ3) is 3.06. The lowest BCUT2D eigenvalue weighted by Crippen LogP contribution is -2.51. The first-order chi connectivity index (χ1) is 11.5. The predicted molar refractivity (Wildman–Crippen MR) is 88.8 cm³/mol. The van der Waals surface area contributed by atoms with Gasteiger partial charge in [0.05, 0.1) is 19.3 Å². The van der Waals surface area contributed by atoms with Crippen molar-refractivity contribution < 1.29 is 14.3 Å². The van der Waals surface area contributed by atoms with Gasteiger partial charge in [-0.2, -0.15) is 0 Å².